The van der Waals surface area contributed by atoms with Crippen LogP contribution in [0.4, 0.5) is 0 Å². The number of furan rings is 1. The maximum atomic E-state index is 12.1. The van der Waals surface area contributed by atoms with Gasteiger partial charge in [-0.25, -0.2) is 13.1 Å². The highest BCUT2D eigenvalue weighted by molar-refractivity contribution is 7.89. The number of aromatic nitrogens is 1. The zero-order valence-corrected chi connectivity index (χ0v) is 12.7. The predicted molar refractivity (Wildman–Crippen MR) is 79.2 cm³/mol. The Bertz CT molecular complexity index is 653. The summed E-state index contributed by atoms with van der Waals surface area (Å²) in [6.07, 6.45) is 3.97. The average Bonchev–Trinajstić information content (AvgIpc) is 2.96. The van der Waals surface area contributed by atoms with E-state index in [1.807, 2.05) is 19.1 Å². The van der Waals surface area contributed by atoms with Gasteiger partial charge in [0.25, 0.3) is 10.0 Å². The Morgan fingerprint density at radius 2 is 1.95 bits per heavy atom. The molecule has 114 valence electrons. The Labute approximate surface area is 124 Å². The molecule has 2 heterocycles. The lowest BCUT2D eigenvalue weighted by Crippen LogP contribution is -2.25. The van der Waals surface area contributed by atoms with Crippen LogP contribution in [0.3, 0.4) is 0 Å². The molecule has 0 saturated heterocycles. The zero-order chi connectivity index (χ0) is 15.1. The summed E-state index contributed by atoms with van der Waals surface area (Å²) >= 11 is 0. The molecule has 0 aliphatic carbocycles. The fourth-order valence-corrected chi connectivity index (χ4v) is 2.77. The molecule has 0 radical (unpaired) electrons. The molecule has 6 nitrogen and oxygen atoms in total. The van der Waals surface area contributed by atoms with Crippen molar-refractivity contribution in [3.63, 3.8) is 0 Å². The van der Waals surface area contributed by atoms with E-state index < -0.39 is 10.0 Å². The molecule has 2 N–H and O–H groups in total. The first-order chi connectivity index (χ1) is 10.1. The molecule has 0 aliphatic heterocycles. The van der Waals surface area contributed by atoms with Gasteiger partial charge in [-0.3, -0.25) is 4.98 Å². The van der Waals surface area contributed by atoms with Crippen molar-refractivity contribution in [2.45, 2.75) is 25.0 Å². The van der Waals surface area contributed by atoms with Gasteiger partial charge in [0, 0.05) is 18.9 Å². The fourth-order valence-electron chi connectivity index (χ4n) is 1.80. The summed E-state index contributed by atoms with van der Waals surface area (Å²) in [5.41, 5.74) is 1.03. The van der Waals surface area contributed by atoms with E-state index in [4.69, 9.17) is 4.42 Å². The van der Waals surface area contributed by atoms with Gasteiger partial charge in [-0.15, -0.1) is 0 Å². The van der Waals surface area contributed by atoms with E-state index in [-0.39, 0.29) is 5.09 Å². The fraction of sp³-hybridized carbons (Fsp3) is 0.357. The lowest BCUT2D eigenvalue weighted by atomic mass is 10.2. The normalized spacial score (nSPS) is 11.7. The maximum Gasteiger partial charge on any atom is 0.273 e. The van der Waals surface area contributed by atoms with E-state index in [1.54, 1.807) is 18.5 Å². The number of rotatable bonds is 8. The van der Waals surface area contributed by atoms with Crippen molar-refractivity contribution in [3.05, 3.63) is 48.0 Å². The number of nitrogens with zero attached hydrogens (tertiary/aromatic N) is 1. The Kier molecular flexibility index (Phi) is 5.49. The molecule has 21 heavy (non-hydrogen) atoms. The van der Waals surface area contributed by atoms with E-state index in [0.717, 1.165) is 12.1 Å². The molecule has 0 saturated carbocycles. The van der Waals surface area contributed by atoms with Crippen LogP contribution in [-0.2, 0) is 23.0 Å². The van der Waals surface area contributed by atoms with E-state index in [2.05, 4.69) is 15.0 Å². The SMILES string of the molecule is CCNCc1ccc(S(=O)(=O)NCCc2ccncc2)o1. The van der Waals surface area contributed by atoms with Gasteiger partial charge in [-0.1, -0.05) is 6.92 Å². The highest BCUT2D eigenvalue weighted by atomic mass is 32.2. The van der Waals surface area contributed by atoms with Gasteiger partial charge in [-0.05, 0) is 42.8 Å². The minimum absolute atomic E-state index is 0.0508. The molecule has 0 bridgehead atoms. The number of pyridine rings is 1. The van der Waals surface area contributed by atoms with Crippen molar-refractivity contribution in [2.75, 3.05) is 13.1 Å². The smallest absolute Gasteiger partial charge is 0.273 e. The third-order valence-electron chi connectivity index (χ3n) is 2.91. The molecule has 2 aromatic heterocycles. The molecule has 0 fully saturated rings. The Balaban J connectivity index is 1.90. The van der Waals surface area contributed by atoms with Crippen LogP contribution < -0.4 is 10.0 Å². The van der Waals surface area contributed by atoms with Gasteiger partial charge in [0.05, 0.1) is 6.54 Å². The first kappa shape index (κ1) is 15.7. The average molecular weight is 309 g/mol. The van der Waals surface area contributed by atoms with Crippen LogP contribution in [-0.4, -0.2) is 26.5 Å². The van der Waals surface area contributed by atoms with E-state index in [9.17, 15) is 8.42 Å². The molecule has 2 rings (SSSR count). The van der Waals surface area contributed by atoms with Crippen molar-refractivity contribution < 1.29 is 12.8 Å². The minimum Gasteiger partial charge on any atom is -0.447 e. The van der Waals surface area contributed by atoms with E-state index in [1.165, 1.54) is 6.07 Å². The van der Waals surface area contributed by atoms with Crippen LogP contribution in [0.25, 0.3) is 0 Å². The third kappa shape index (κ3) is 4.66. The topological polar surface area (TPSA) is 84.2 Å². The van der Waals surface area contributed by atoms with Gasteiger partial charge in [0.15, 0.2) is 0 Å². The molecular weight excluding hydrogens is 290 g/mol. The Hall–Kier alpha value is -1.70. The number of hydrogen-bond donors (Lipinski definition) is 2. The molecule has 0 atom stereocenters. The molecule has 0 unspecified atom stereocenters. The standard InChI is InChI=1S/C14H19N3O3S/c1-2-15-11-13-3-4-14(20-13)21(18,19)17-10-7-12-5-8-16-9-6-12/h3-6,8-9,15,17H,2,7,10-11H2,1H3. The van der Waals surface area contributed by atoms with Crippen molar-refractivity contribution in [1.29, 1.82) is 0 Å². The van der Waals surface area contributed by atoms with Gasteiger partial charge < -0.3 is 9.73 Å². The van der Waals surface area contributed by atoms with Crippen molar-refractivity contribution in [1.82, 2.24) is 15.0 Å². The second-order valence-corrected chi connectivity index (χ2v) is 6.20. The zero-order valence-electron chi connectivity index (χ0n) is 11.9. The van der Waals surface area contributed by atoms with E-state index >= 15 is 0 Å². The summed E-state index contributed by atoms with van der Waals surface area (Å²) in [4.78, 5) is 3.92. The van der Waals surface area contributed by atoms with Crippen LogP contribution in [0.1, 0.15) is 18.2 Å². The predicted octanol–water partition coefficient (Wildman–Crippen LogP) is 1.31. The highest BCUT2D eigenvalue weighted by Gasteiger charge is 2.18. The Morgan fingerprint density at radius 1 is 1.19 bits per heavy atom. The summed E-state index contributed by atoms with van der Waals surface area (Å²) in [5, 5.41) is 3.03. The van der Waals surface area contributed by atoms with Gasteiger partial charge in [-0.2, -0.15) is 0 Å². The number of sulfonamides is 1. The lowest BCUT2D eigenvalue weighted by molar-refractivity contribution is 0.401. The Morgan fingerprint density at radius 3 is 2.67 bits per heavy atom. The molecule has 0 spiro atoms. The molecule has 2 aromatic rings. The second-order valence-electron chi connectivity index (χ2n) is 4.50. The first-order valence-corrected chi connectivity index (χ1v) is 8.28. The molecular formula is C14H19N3O3S. The third-order valence-corrected chi connectivity index (χ3v) is 4.24. The van der Waals surface area contributed by atoms with Crippen LogP contribution >= 0.6 is 0 Å². The quantitative estimate of drug-likeness (QED) is 0.768. The second kappa shape index (κ2) is 7.35. The van der Waals surface area contributed by atoms with Gasteiger partial charge >= 0.3 is 0 Å². The summed E-state index contributed by atoms with van der Waals surface area (Å²) in [6.45, 7) is 3.60. The first-order valence-electron chi connectivity index (χ1n) is 6.80. The van der Waals surface area contributed by atoms with Crippen LogP contribution in [0.2, 0.25) is 0 Å². The molecule has 0 aromatic carbocycles. The summed E-state index contributed by atoms with van der Waals surface area (Å²) in [6, 6.07) is 6.85. The largest absolute Gasteiger partial charge is 0.447 e. The number of hydrogen-bond acceptors (Lipinski definition) is 5. The number of nitrogens with one attached hydrogen (secondary N) is 2. The van der Waals surface area contributed by atoms with E-state index in [0.29, 0.717) is 25.3 Å². The van der Waals surface area contributed by atoms with Crippen molar-refractivity contribution >= 4 is 10.0 Å². The molecule has 0 amide bonds. The van der Waals surface area contributed by atoms with Crippen molar-refractivity contribution in [3.8, 4) is 0 Å². The van der Waals surface area contributed by atoms with Gasteiger partial charge in [0.1, 0.15) is 5.76 Å². The molecule has 7 heteroatoms. The minimum atomic E-state index is -3.59. The summed E-state index contributed by atoms with van der Waals surface area (Å²) in [5.74, 6) is 0.603. The van der Waals surface area contributed by atoms with Crippen LogP contribution in [0, 0.1) is 0 Å². The maximum absolute atomic E-state index is 12.1. The lowest BCUT2D eigenvalue weighted by Gasteiger charge is -2.04. The molecule has 0 aliphatic rings. The summed E-state index contributed by atoms with van der Waals surface area (Å²) in [7, 11) is -3.59. The van der Waals surface area contributed by atoms with Crippen molar-refractivity contribution in [2.24, 2.45) is 0 Å². The highest BCUT2D eigenvalue weighted by Crippen LogP contribution is 2.13. The monoisotopic (exact) mass is 309 g/mol. The summed E-state index contributed by atoms with van der Waals surface area (Å²) < 4.78 is 32.0. The van der Waals surface area contributed by atoms with Crippen LogP contribution in [0.15, 0.2) is 46.2 Å². The van der Waals surface area contributed by atoms with Crippen LogP contribution in [0.5, 0.6) is 0 Å². The van der Waals surface area contributed by atoms with Gasteiger partial charge in [0.2, 0.25) is 5.09 Å².